The van der Waals surface area contributed by atoms with Crippen LogP contribution in [-0.4, -0.2) is 22.4 Å². The molecular formula is C18H24N4O. The Morgan fingerprint density at radius 2 is 1.78 bits per heavy atom. The standard InChI is InChI=1S/C18H24N4O/c1-13(2)8-9-19-18-21-11-16(12-22-18)17(23)20-10-15-6-4-14(3)5-7-15/h4-7,11-13H,8-10H2,1-3H3,(H,20,23)(H,19,21,22). The third-order valence-corrected chi connectivity index (χ3v) is 3.49. The Bertz CT molecular complexity index is 620. The summed E-state index contributed by atoms with van der Waals surface area (Å²) in [5.74, 6) is 1.02. The van der Waals surface area contributed by atoms with Crippen LogP contribution in [0, 0.1) is 12.8 Å². The Hall–Kier alpha value is -2.43. The molecular weight excluding hydrogens is 288 g/mol. The number of aryl methyl sites for hydroxylation is 1. The summed E-state index contributed by atoms with van der Waals surface area (Å²) in [6, 6.07) is 8.08. The van der Waals surface area contributed by atoms with Gasteiger partial charge in [0.15, 0.2) is 0 Å². The maximum atomic E-state index is 12.1. The first kappa shape index (κ1) is 16.9. The zero-order valence-corrected chi connectivity index (χ0v) is 14.0. The molecule has 0 aliphatic heterocycles. The van der Waals surface area contributed by atoms with Gasteiger partial charge in [-0.3, -0.25) is 4.79 Å². The third kappa shape index (κ3) is 5.70. The van der Waals surface area contributed by atoms with Gasteiger partial charge in [-0.25, -0.2) is 9.97 Å². The van der Waals surface area contributed by atoms with Crippen molar-refractivity contribution in [3.8, 4) is 0 Å². The number of rotatable bonds is 7. The molecule has 0 unspecified atom stereocenters. The highest BCUT2D eigenvalue weighted by molar-refractivity contribution is 5.93. The topological polar surface area (TPSA) is 66.9 Å². The molecule has 2 N–H and O–H groups in total. The molecule has 2 aromatic rings. The first-order valence-electron chi connectivity index (χ1n) is 7.94. The average molecular weight is 312 g/mol. The Labute approximate surface area is 137 Å². The van der Waals surface area contributed by atoms with E-state index in [9.17, 15) is 4.79 Å². The van der Waals surface area contributed by atoms with Crippen LogP contribution in [0.2, 0.25) is 0 Å². The van der Waals surface area contributed by atoms with Gasteiger partial charge in [0.2, 0.25) is 5.95 Å². The monoisotopic (exact) mass is 312 g/mol. The van der Waals surface area contributed by atoms with Gasteiger partial charge in [-0.2, -0.15) is 0 Å². The van der Waals surface area contributed by atoms with Crippen LogP contribution in [0.4, 0.5) is 5.95 Å². The number of amides is 1. The van der Waals surface area contributed by atoms with Gasteiger partial charge < -0.3 is 10.6 Å². The van der Waals surface area contributed by atoms with Crippen LogP contribution in [0.1, 0.15) is 41.8 Å². The van der Waals surface area contributed by atoms with E-state index in [1.165, 1.54) is 5.56 Å². The Kier molecular flexibility index (Phi) is 6.09. The van der Waals surface area contributed by atoms with E-state index in [2.05, 4.69) is 34.4 Å². The molecule has 0 spiro atoms. The molecule has 122 valence electrons. The highest BCUT2D eigenvalue weighted by atomic mass is 16.1. The van der Waals surface area contributed by atoms with Crippen LogP contribution < -0.4 is 10.6 Å². The van der Waals surface area contributed by atoms with Gasteiger partial charge in [0, 0.05) is 25.5 Å². The second kappa shape index (κ2) is 8.27. The van der Waals surface area contributed by atoms with Crippen LogP contribution in [0.5, 0.6) is 0 Å². The summed E-state index contributed by atoms with van der Waals surface area (Å²) in [4.78, 5) is 20.4. The molecule has 1 amide bonds. The average Bonchev–Trinajstić information content (AvgIpc) is 2.54. The molecule has 23 heavy (non-hydrogen) atoms. The largest absolute Gasteiger partial charge is 0.354 e. The van der Waals surface area contributed by atoms with Gasteiger partial charge in [0.1, 0.15) is 0 Å². The molecule has 1 aromatic heterocycles. The van der Waals surface area contributed by atoms with Crippen molar-refractivity contribution >= 4 is 11.9 Å². The quantitative estimate of drug-likeness (QED) is 0.824. The van der Waals surface area contributed by atoms with E-state index in [4.69, 9.17) is 0 Å². The first-order valence-corrected chi connectivity index (χ1v) is 7.94. The maximum absolute atomic E-state index is 12.1. The number of aromatic nitrogens is 2. The number of carbonyl (C=O) groups excluding carboxylic acids is 1. The predicted octanol–water partition coefficient (Wildman–Crippen LogP) is 3.17. The Morgan fingerprint density at radius 1 is 1.13 bits per heavy atom. The van der Waals surface area contributed by atoms with Crippen molar-refractivity contribution < 1.29 is 4.79 Å². The fourth-order valence-electron chi connectivity index (χ4n) is 2.00. The second-order valence-corrected chi connectivity index (χ2v) is 6.07. The minimum atomic E-state index is -0.167. The van der Waals surface area contributed by atoms with Crippen molar-refractivity contribution in [2.24, 2.45) is 5.92 Å². The Morgan fingerprint density at radius 3 is 2.39 bits per heavy atom. The van der Waals surface area contributed by atoms with E-state index in [1.807, 2.05) is 31.2 Å². The van der Waals surface area contributed by atoms with Crippen molar-refractivity contribution in [1.29, 1.82) is 0 Å². The number of hydrogen-bond donors (Lipinski definition) is 2. The summed E-state index contributed by atoms with van der Waals surface area (Å²) in [6.45, 7) is 7.70. The molecule has 0 saturated carbocycles. The van der Waals surface area contributed by atoms with Crippen molar-refractivity contribution in [3.05, 3.63) is 53.3 Å². The lowest BCUT2D eigenvalue weighted by Crippen LogP contribution is -2.23. The fourth-order valence-corrected chi connectivity index (χ4v) is 2.00. The summed E-state index contributed by atoms with van der Waals surface area (Å²) in [5, 5.41) is 6.02. The molecule has 0 radical (unpaired) electrons. The maximum Gasteiger partial charge on any atom is 0.254 e. The molecule has 0 bridgehead atoms. The molecule has 5 nitrogen and oxygen atoms in total. The molecule has 0 fully saturated rings. The molecule has 1 heterocycles. The van der Waals surface area contributed by atoms with E-state index in [1.54, 1.807) is 12.4 Å². The van der Waals surface area contributed by atoms with Gasteiger partial charge in [-0.05, 0) is 24.8 Å². The van der Waals surface area contributed by atoms with E-state index in [0.717, 1.165) is 18.5 Å². The predicted molar refractivity (Wildman–Crippen MR) is 92.3 cm³/mol. The number of benzene rings is 1. The number of carbonyl (C=O) groups is 1. The van der Waals surface area contributed by atoms with Crippen molar-refractivity contribution in [3.63, 3.8) is 0 Å². The van der Waals surface area contributed by atoms with Gasteiger partial charge in [-0.15, -0.1) is 0 Å². The third-order valence-electron chi connectivity index (χ3n) is 3.49. The van der Waals surface area contributed by atoms with Crippen LogP contribution >= 0.6 is 0 Å². The molecule has 5 heteroatoms. The van der Waals surface area contributed by atoms with Crippen LogP contribution in [0.15, 0.2) is 36.7 Å². The van der Waals surface area contributed by atoms with Gasteiger partial charge >= 0.3 is 0 Å². The number of nitrogens with one attached hydrogen (secondary N) is 2. The second-order valence-electron chi connectivity index (χ2n) is 6.07. The SMILES string of the molecule is Cc1ccc(CNC(=O)c2cnc(NCCC(C)C)nc2)cc1. The lowest BCUT2D eigenvalue weighted by atomic mass is 10.1. The zero-order valence-electron chi connectivity index (χ0n) is 14.0. The van der Waals surface area contributed by atoms with Crippen molar-refractivity contribution in [2.45, 2.75) is 33.7 Å². The Balaban J connectivity index is 1.83. The summed E-state index contributed by atoms with van der Waals surface area (Å²) < 4.78 is 0. The molecule has 0 atom stereocenters. The van der Waals surface area contributed by atoms with Crippen LogP contribution in [0.3, 0.4) is 0 Å². The summed E-state index contributed by atoms with van der Waals surface area (Å²) in [7, 11) is 0. The summed E-state index contributed by atoms with van der Waals surface area (Å²) >= 11 is 0. The smallest absolute Gasteiger partial charge is 0.254 e. The van der Waals surface area contributed by atoms with Gasteiger partial charge in [0.05, 0.1) is 5.56 Å². The molecule has 1 aromatic carbocycles. The van der Waals surface area contributed by atoms with Gasteiger partial charge in [0.25, 0.3) is 5.91 Å². The molecule has 0 saturated heterocycles. The van der Waals surface area contributed by atoms with Gasteiger partial charge in [-0.1, -0.05) is 43.7 Å². The van der Waals surface area contributed by atoms with E-state index >= 15 is 0 Å². The zero-order chi connectivity index (χ0) is 16.7. The number of nitrogens with zero attached hydrogens (tertiary/aromatic N) is 2. The first-order chi connectivity index (χ1) is 11.0. The lowest BCUT2D eigenvalue weighted by Gasteiger charge is -2.08. The fraction of sp³-hybridized carbons (Fsp3) is 0.389. The minimum Gasteiger partial charge on any atom is -0.354 e. The number of anilines is 1. The summed E-state index contributed by atoms with van der Waals surface area (Å²) in [5.41, 5.74) is 2.73. The van der Waals surface area contributed by atoms with E-state index in [0.29, 0.717) is 24.0 Å². The minimum absolute atomic E-state index is 0.167. The highest BCUT2D eigenvalue weighted by Gasteiger charge is 2.07. The molecule has 2 rings (SSSR count). The van der Waals surface area contributed by atoms with Crippen molar-refractivity contribution in [1.82, 2.24) is 15.3 Å². The number of hydrogen-bond acceptors (Lipinski definition) is 4. The highest BCUT2D eigenvalue weighted by Crippen LogP contribution is 2.05. The molecule has 0 aliphatic rings. The molecule has 0 aliphatic carbocycles. The van der Waals surface area contributed by atoms with Crippen molar-refractivity contribution in [2.75, 3.05) is 11.9 Å². The van der Waals surface area contributed by atoms with Crippen LogP contribution in [-0.2, 0) is 6.54 Å². The summed E-state index contributed by atoms with van der Waals surface area (Å²) in [6.07, 6.45) is 4.16. The van der Waals surface area contributed by atoms with E-state index in [-0.39, 0.29) is 5.91 Å². The van der Waals surface area contributed by atoms with Crippen LogP contribution in [0.25, 0.3) is 0 Å². The lowest BCUT2D eigenvalue weighted by molar-refractivity contribution is 0.0950. The van der Waals surface area contributed by atoms with E-state index < -0.39 is 0 Å². The normalized spacial score (nSPS) is 10.6.